The van der Waals surface area contributed by atoms with Crippen LogP contribution in [0.1, 0.15) is 26.7 Å². The molecule has 0 aromatic heterocycles. The molecule has 0 aliphatic carbocycles. The highest BCUT2D eigenvalue weighted by Crippen LogP contribution is 2.22. The lowest BCUT2D eigenvalue weighted by Gasteiger charge is -2.11. The van der Waals surface area contributed by atoms with Crippen LogP contribution in [0.5, 0.6) is 0 Å². The van der Waals surface area contributed by atoms with E-state index < -0.39 is 0 Å². The van der Waals surface area contributed by atoms with Crippen LogP contribution in [0.15, 0.2) is 42.5 Å². The summed E-state index contributed by atoms with van der Waals surface area (Å²) in [5.41, 5.74) is 6.70. The van der Waals surface area contributed by atoms with Crippen LogP contribution in [-0.2, 0) is 4.79 Å². The Hall–Kier alpha value is -2.03. The van der Waals surface area contributed by atoms with Gasteiger partial charge in [0.25, 0.3) is 0 Å². The van der Waals surface area contributed by atoms with Crippen molar-refractivity contribution in [3.8, 4) is 0 Å². The van der Waals surface area contributed by atoms with E-state index in [1.807, 2.05) is 30.3 Å². The summed E-state index contributed by atoms with van der Waals surface area (Å²) in [7, 11) is 0. The van der Waals surface area contributed by atoms with Crippen LogP contribution in [0.3, 0.4) is 0 Å². The molecule has 19 heavy (non-hydrogen) atoms. The fraction of sp³-hybridized carbons (Fsp3) is 0.312. The Morgan fingerprint density at radius 3 is 2.63 bits per heavy atom. The molecule has 0 aliphatic rings. The summed E-state index contributed by atoms with van der Waals surface area (Å²) in [6, 6.07) is 14.1. The Labute approximate surface area is 114 Å². The van der Waals surface area contributed by atoms with Crippen molar-refractivity contribution in [2.24, 2.45) is 5.92 Å². The third-order valence-corrected chi connectivity index (χ3v) is 3.07. The maximum absolute atomic E-state index is 11.7. The molecule has 0 radical (unpaired) electrons. The molecular formula is C16H20N2O. The normalized spacial score (nSPS) is 10.7. The number of carbonyl (C=O) groups excluding carboxylic acids is 1. The smallest absolute Gasteiger partial charge is 0.238 e. The predicted molar refractivity (Wildman–Crippen MR) is 79.8 cm³/mol. The zero-order chi connectivity index (χ0) is 13.7. The highest BCUT2D eigenvalue weighted by Gasteiger charge is 2.04. The average molecular weight is 256 g/mol. The van der Waals surface area contributed by atoms with Gasteiger partial charge in [0.1, 0.15) is 0 Å². The number of hydrazine groups is 1. The Bertz CT molecular complexity index is 558. The maximum Gasteiger partial charge on any atom is 0.238 e. The van der Waals surface area contributed by atoms with E-state index in [0.29, 0.717) is 12.3 Å². The number of rotatable bonds is 5. The minimum Gasteiger partial charge on any atom is -0.298 e. The Balaban J connectivity index is 2.00. The highest BCUT2D eigenvalue weighted by atomic mass is 16.2. The largest absolute Gasteiger partial charge is 0.298 e. The van der Waals surface area contributed by atoms with E-state index >= 15 is 0 Å². The maximum atomic E-state index is 11.7. The molecule has 0 spiro atoms. The van der Waals surface area contributed by atoms with Gasteiger partial charge in [0, 0.05) is 11.8 Å². The van der Waals surface area contributed by atoms with Gasteiger partial charge in [-0.1, -0.05) is 50.2 Å². The molecule has 0 saturated carbocycles. The molecule has 2 aromatic carbocycles. The standard InChI is InChI=1S/C16H20N2O/c1-12(2)10-11-16(19)18-17-15-9-5-7-13-6-3-4-8-14(13)15/h3-9,12,17H,10-11H2,1-2H3,(H,18,19). The third-order valence-electron chi connectivity index (χ3n) is 3.07. The summed E-state index contributed by atoms with van der Waals surface area (Å²) in [6.45, 7) is 4.23. The van der Waals surface area contributed by atoms with E-state index in [1.54, 1.807) is 0 Å². The molecule has 2 rings (SSSR count). The van der Waals surface area contributed by atoms with Crippen molar-refractivity contribution in [3.63, 3.8) is 0 Å². The molecule has 0 heterocycles. The Morgan fingerprint density at radius 2 is 1.84 bits per heavy atom. The number of nitrogens with one attached hydrogen (secondary N) is 2. The fourth-order valence-corrected chi connectivity index (χ4v) is 1.95. The number of carbonyl (C=O) groups is 1. The first-order valence-electron chi connectivity index (χ1n) is 6.69. The van der Waals surface area contributed by atoms with Crippen molar-refractivity contribution >= 4 is 22.4 Å². The van der Waals surface area contributed by atoms with Crippen LogP contribution in [0.25, 0.3) is 10.8 Å². The average Bonchev–Trinajstić information content (AvgIpc) is 2.42. The van der Waals surface area contributed by atoms with Crippen molar-refractivity contribution in [1.82, 2.24) is 5.43 Å². The van der Waals surface area contributed by atoms with Crippen LogP contribution < -0.4 is 10.9 Å². The number of anilines is 1. The zero-order valence-corrected chi connectivity index (χ0v) is 11.4. The summed E-state index contributed by atoms with van der Waals surface area (Å²) >= 11 is 0. The molecule has 2 N–H and O–H groups in total. The molecule has 1 amide bonds. The van der Waals surface area contributed by atoms with E-state index in [2.05, 4.69) is 36.8 Å². The minimum atomic E-state index is 0.0293. The molecule has 0 bridgehead atoms. The predicted octanol–water partition coefficient (Wildman–Crippen LogP) is 3.72. The summed E-state index contributed by atoms with van der Waals surface area (Å²) in [6.07, 6.45) is 1.46. The Kier molecular flexibility index (Phi) is 4.39. The second-order valence-corrected chi connectivity index (χ2v) is 5.13. The van der Waals surface area contributed by atoms with Gasteiger partial charge >= 0.3 is 0 Å². The van der Waals surface area contributed by atoms with Gasteiger partial charge in [-0.25, -0.2) is 0 Å². The highest BCUT2D eigenvalue weighted by molar-refractivity contribution is 5.94. The van der Waals surface area contributed by atoms with Crippen LogP contribution in [-0.4, -0.2) is 5.91 Å². The fourth-order valence-electron chi connectivity index (χ4n) is 1.95. The van der Waals surface area contributed by atoms with Crippen molar-refractivity contribution in [2.45, 2.75) is 26.7 Å². The molecule has 100 valence electrons. The zero-order valence-electron chi connectivity index (χ0n) is 11.4. The van der Waals surface area contributed by atoms with Gasteiger partial charge < -0.3 is 0 Å². The van der Waals surface area contributed by atoms with E-state index in [1.165, 1.54) is 0 Å². The molecule has 3 nitrogen and oxygen atoms in total. The van der Waals surface area contributed by atoms with Crippen LogP contribution >= 0.6 is 0 Å². The number of amides is 1. The van der Waals surface area contributed by atoms with Crippen molar-refractivity contribution in [3.05, 3.63) is 42.5 Å². The summed E-state index contributed by atoms with van der Waals surface area (Å²) < 4.78 is 0. The van der Waals surface area contributed by atoms with Crippen molar-refractivity contribution in [1.29, 1.82) is 0 Å². The van der Waals surface area contributed by atoms with Crippen LogP contribution in [0, 0.1) is 5.92 Å². The Morgan fingerprint density at radius 1 is 1.11 bits per heavy atom. The van der Waals surface area contributed by atoms with Gasteiger partial charge in [-0.15, -0.1) is 0 Å². The SMILES string of the molecule is CC(C)CCC(=O)NNc1cccc2ccccc12. The number of benzene rings is 2. The molecule has 2 aromatic rings. The quantitative estimate of drug-likeness (QED) is 0.800. The molecule has 0 aliphatic heterocycles. The van der Waals surface area contributed by atoms with Gasteiger partial charge in [0.05, 0.1) is 5.69 Å². The van der Waals surface area contributed by atoms with Gasteiger partial charge in [0.15, 0.2) is 0 Å². The second kappa shape index (κ2) is 6.23. The van der Waals surface area contributed by atoms with E-state index in [9.17, 15) is 4.79 Å². The molecular weight excluding hydrogens is 236 g/mol. The van der Waals surface area contributed by atoms with E-state index in [0.717, 1.165) is 22.9 Å². The number of fused-ring (bicyclic) bond motifs is 1. The monoisotopic (exact) mass is 256 g/mol. The van der Waals surface area contributed by atoms with Crippen LogP contribution in [0.4, 0.5) is 5.69 Å². The first-order chi connectivity index (χ1) is 9.16. The molecule has 0 fully saturated rings. The topological polar surface area (TPSA) is 41.1 Å². The van der Waals surface area contributed by atoms with Gasteiger partial charge in [-0.3, -0.25) is 15.6 Å². The minimum absolute atomic E-state index is 0.0293. The first-order valence-corrected chi connectivity index (χ1v) is 6.69. The van der Waals surface area contributed by atoms with Gasteiger partial charge in [-0.2, -0.15) is 0 Å². The van der Waals surface area contributed by atoms with Crippen molar-refractivity contribution in [2.75, 3.05) is 5.43 Å². The first kappa shape index (κ1) is 13.4. The number of hydrogen-bond acceptors (Lipinski definition) is 2. The van der Waals surface area contributed by atoms with Crippen LogP contribution in [0.2, 0.25) is 0 Å². The van der Waals surface area contributed by atoms with Crippen molar-refractivity contribution < 1.29 is 4.79 Å². The molecule has 0 unspecified atom stereocenters. The summed E-state index contributed by atoms with van der Waals surface area (Å²) in [5.74, 6) is 0.574. The third kappa shape index (κ3) is 3.71. The van der Waals surface area contributed by atoms with Gasteiger partial charge in [-0.05, 0) is 23.8 Å². The van der Waals surface area contributed by atoms with E-state index in [-0.39, 0.29) is 5.91 Å². The molecule has 3 heteroatoms. The molecule has 0 atom stereocenters. The summed E-state index contributed by atoms with van der Waals surface area (Å²) in [4.78, 5) is 11.7. The van der Waals surface area contributed by atoms with E-state index in [4.69, 9.17) is 0 Å². The molecule has 0 saturated heterocycles. The van der Waals surface area contributed by atoms with Gasteiger partial charge in [0.2, 0.25) is 5.91 Å². The lowest BCUT2D eigenvalue weighted by atomic mass is 10.1. The lowest BCUT2D eigenvalue weighted by molar-refractivity contribution is -0.120. The number of hydrogen-bond donors (Lipinski definition) is 2. The second-order valence-electron chi connectivity index (χ2n) is 5.13. The summed E-state index contributed by atoms with van der Waals surface area (Å²) in [5, 5.41) is 2.26. The lowest BCUT2D eigenvalue weighted by Crippen LogP contribution is -2.29.